The molecule has 1 aromatic rings. The van der Waals surface area contributed by atoms with Crippen molar-refractivity contribution in [2.45, 2.75) is 32.4 Å². The average Bonchev–Trinajstić information content (AvgIpc) is 2.45. The van der Waals surface area contributed by atoms with Crippen LogP contribution in [0.5, 0.6) is 0 Å². The highest BCUT2D eigenvalue weighted by Crippen LogP contribution is 2.09. The Morgan fingerprint density at radius 2 is 1.65 bits per heavy atom. The molecular weight excluding hydrogens is 272 g/mol. The summed E-state index contributed by atoms with van der Waals surface area (Å²) >= 11 is 0. The Bertz CT molecular complexity index is 365. The number of nitrogens with zero attached hydrogens (tertiary/aromatic N) is 1. The van der Waals surface area contributed by atoms with Crippen molar-refractivity contribution >= 4 is 0 Å². The SMILES string of the molecule is CC.Fc1ccc(F)cc1.O=[N+]([O-])C1COCC(O)C1. The van der Waals surface area contributed by atoms with Gasteiger partial charge >= 0.3 is 0 Å². The third kappa shape index (κ3) is 7.75. The number of hydrogen-bond acceptors (Lipinski definition) is 4. The maximum Gasteiger partial charge on any atom is 0.238 e. The van der Waals surface area contributed by atoms with Crippen molar-refractivity contribution in [1.82, 2.24) is 0 Å². The van der Waals surface area contributed by atoms with Gasteiger partial charge in [-0.15, -0.1) is 0 Å². The number of halogens is 2. The average molecular weight is 291 g/mol. The molecule has 7 heteroatoms. The molecule has 1 N–H and O–H groups in total. The zero-order chi connectivity index (χ0) is 15.5. The molecule has 2 rings (SSSR count). The van der Waals surface area contributed by atoms with Crippen molar-refractivity contribution in [3.05, 3.63) is 46.0 Å². The molecule has 1 aromatic carbocycles. The number of aliphatic hydroxyl groups excluding tert-OH is 1. The molecule has 1 aliphatic heterocycles. The lowest BCUT2D eigenvalue weighted by molar-refractivity contribution is -0.533. The minimum atomic E-state index is -0.719. The normalized spacial score (nSPS) is 20.9. The Labute approximate surface area is 116 Å². The number of aliphatic hydroxyl groups is 1. The van der Waals surface area contributed by atoms with Crippen LogP contribution < -0.4 is 0 Å². The van der Waals surface area contributed by atoms with E-state index in [0.717, 1.165) is 24.3 Å². The van der Waals surface area contributed by atoms with E-state index in [-0.39, 0.29) is 19.6 Å². The molecule has 0 radical (unpaired) electrons. The predicted molar refractivity (Wildman–Crippen MR) is 69.9 cm³/mol. The minimum Gasteiger partial charge on any atom is -0.390 e. The molecule has 1 heterocycles. The van der Waals surface area contributed by atoms with Crippen LogP contribution >= 0.6 is 0 Å². The third-order valence-corrected chi connectivity index (χ3v) is 2.27. The Morgan fingerprint density at radius 1 is 1.20 bits per heavy atom. The lowest BCUT2D eigenvalue weighted by Gasteiger charge is -2.19. The number of ether oxygens (including phenoxy) is 1. The van der Waals surface area contributed by atoms with E-state index in [1.165, 1.54) is 0 Å². The first-order chi connectivity index (χ1) is 9.49. The molecule has 0 saturated carbocycles. The van der Waals surface area contributed by atoms with Crippen LogP contribution in [0.1, 0.15) is 20.3 Å². The van der Waals surface area contributed by atoms with Gasteiger partial charge in [0.15, 0.2) is 0 Å². The summed E-state index contributed by atoms with van der Waals surface area (Å²) in [5, 5.41) is 19.0. The van der Waals surface area contributed by atoms with E-state index in [0.29, 0.717) is 0 Å². The largest absolute Gasteiger partial charge is 0.390 e. The van der Waals surface area contributed by atoms with Gasteiger partial charge in [-0.1, -0.05) is 13.8 Å². The zero-order valence-electron chi connectivity index (χ0n) is 11.5. The van der Waals surface area contributed by atoms with Crippen LogP contribution in [0.2, 0.25) is 0 Å². The molecule has 0 amide bonds. The number of benzene rings is 1. The molecule has 2 unspecified atom stereocenters. The van der Waals surface area contributed by atoms with Crippen LogP contribution in [0.25, 0.3) is 0 Å². The van der Waals surface area contributed by atoms with E-state index in [9.17, 15) is 18.9 Å². The molecule has 0 bridgehead atoms. The van der Waals surface area contributed by atoms with Crippen molar-refractivity contribution in [3.8, 4) is 0 Å². The van der Waals surface area contributed by atoms with E-state index in [4.69, 9.17) is 9.84 Å². The number of hydrogen-bond donors (Lipinski definition) is 1. The molecule has 2 atom stereocenters. The highest BCUT2D eigenvalue weighted by atomic mass is 19.1. The molecular formula is C13H19F2NO4. The Hall–Kier alpha value is -1.60. The van der Waals surface area contributed by atoms with Gasteiger partial charge in [-0.25, -0.2) is 8.78 Å². The smallest absolute Gasteiger partial charge is 0.238 e. The maximum absolute atomic E-state index is 11.9. The summed E-state index contributed by atoms with van der Waals surface area (Å²) in [6.07, 6.45) is -0.448. The summed E-state index contributed by atoms with van der Waals surface area (Å²) in [7, 11) is 0. The number of nitro groups is 1. The van der Waals surface area contributed by atoms with Gasteiger partial charge in [-0.2, -0.15) is 0 Å². The van der Waals surface area contributed by atoms with Gasteiger partial charge in [-0.3, -0.25) is 10.1 Å². The molecule has 0 aliphatic carbocycles. The third-order valence-electron chi connectivity index (χ3n) is 2.27. The predicted octanol–water partition coefficient (Wildman–Crippen LogP) is 2.40. The fourth-order valence-corrected chi connectivity index (χ4v) is 1.37. The molecule has 5 nitrogen and oxygen atoms in total. The van der Waals surface area contributed by atoms with Gasteiger partial charge in [0.05, 0.1) is 12.7 Å². The zero-order valence-corrected chi connectivity index (χ0v) is 11.5. The second-order valence-corrected chi connectivity index (χ2v) is 3.80. The molecule has 1 fully saturated rings. The Morgan fingerprint density at radius 3 is 1.95 bits per heavy atom. The molecule has 1 saturated heterocycles. The van der Waals surface area contributed by atoms with Gasteiger partial charge in [0.1, 0.15) is 18.2 Å². The first-order valence-electron chi connectivity index (χ1n) is 6.29. The fourth-order valence-electron chi connectivity index (χ4n) is 1.37. The molecule has 1 aliphatic rings. The summed E-state index contributed by atoms with van der Waals surface area (Å²) in [5.41, 5.74) is 0. The highest BCUT2D eigenvalue weighted by molar-refractivity contribution is 5.04. The van der Waals surface area contributed by atoms with Crippen LogP contribution in [-0.4, -0.2) is 35.4 Å². The van der Waals surface area contributed by atoms with Crippen molar-refractivity contribution in [2.75, 3.05) is 13.2 Å². The van der Waals surface area contributed by atoms with Gasteiger partial charge in [-0.05, 0) is 24.3 Å². The van der Waals surface area contributed by atoms with Crippen LogP contribution in [0.3, 0.4) is 0 Å². The monoisotopic (exact) mass is 291 g/mol. The Balaban J connectivity index is 0.000000327. The molecule has 0 aromatic heterocycles. The molecule has 20 heavy (non-hydrogen) atoms. The van der Waals surface area contributed by atoms with Crippen LogP contribution in [0.4, 0.5) is 8.78 Å². The van der Waals surface area contributed by atoms with E-state index in [1.807, 2.05) is 13.8 Å². The summed E-state index contributed by atoms with van der Waals surface area (Å²) in [4.78, 5) is 9.70. The van der Waals surface area contributed by atoms with E-state index in [2.05, 4.69) is 0 Å². The first-order valence-corrected chi connectivity index (χ1v) is 6.29. The minimum absolute atomic E-state index is 0.129. The molecule has 0 spiro atoms. The molecule has 114 valence electrons. The van der Waals surface area contributed by atoms with Gasteiger partial charge in [0.2, 0.25) is 6.04 Å². The standard InChI is InChI=1S/C6H4F2.C5H9NO4.C2H6/c7-5-1-2-6(8)4-3-5;7-5-1-4(6(8)9)2-10-3-5;1-2/h1-4H;4-5,7H,1-3H2;1-2H3. The van der Waals surface area contributed by atoms with Crippen molar-refractivity contribution in [3.63, 3.8) is 0 Å². The highest BCUT2D eigenvalue weighted by Gasteiger charge is 2.28. The van der Waals surface area contributed by atoms with Crippen LogP contribution in [-0.2, 0) is 4.74 Å². The van der Waals surface area contributed by atoms with Crippen molar-refractivity contribution in [2.24, 2.45) is 0 Å². The van der Waals surface area contributed by atoms with E-state index in [1.54, 1.807) is 0 Å². The summed E-state index contributed by atoms with van der Waals surface area (Å²) in [6, 6.07) is 3.60. The van der Waals surface area contributed by atoms with Crippen molar-refractivity contribution in [1.29, 1.82) is 0 Å². The fraction of sp³-hybridized carbons (Fsp3) is 0.538. The van der Waals surface area contributed by atoms with Gasteiger partial charge in [0, 0.05) is 11.3 Å². The first kappa shape index (κ1) is 18.4. The van der Waals surface area contributed by atoms with E-state index < -0.39 is 28.7 Å². The van der Waals surface area contributed by atoms with Gasteiger partial charge < -0.3 is 9.84 Å². The summed E-state index contributed by atoms with van der Waals surface area (Å²) in [5.74, 6) is -0.821. The lowest BCUT2D eigenvalue weighted by atomic mass is 10.1. The van der Waals surface area contributed by atoms with E-state index >= 15 is 0 Å². The quantitative estimate of drug-likeness (QED) is 0.637. The lowest BCUT2D eigenvalue weighted by Crippen LogP contribution is -2.37. The Kier molecular flexibility index (Phi) is 9.40. The summed E-state index contributed by atoms with van der Waals surface area (Å²) < 4.78 is 28.6. The van der Waals surface area contributed by atoms with Crippen LogP contribution in [0, 0.1) is 21.7 Å². The van der Waals surface area contributed by atoms with Gasteiger partial charge in [0.25, 0.3) is 0 Å². The second-order valence-electron chi connectivity index (χ2n) is 3.80. The maximum atomic E-state index is 11.9. The van der Waals surface area contributed by atoms with Crippen LogP contribution in [0.15, 0.2) is 24.3 Å². The second kappa shape index (κ2) is 10.2. The topological polar surface area (TPSA) is 72.6 Å². The number of rotatable bonds is 1. The van der Waals surface area contributed by atoms with Crippen molar-refractivity contribution < 1.29 is 23.5 Å². The summed E-state index contributed by atoms with van der Waals surface area (Å²) in [6.45, 7) is 4.36.